The summed E-state index contributed by atoms with van der Waals surface area (Å²) in [5.41, 5.74) is 13.4. The fourth-order valence-corrected chi connectivity index (χ4v) is 3.86. The molecule has 0 bridgehead atoms. The summed E-state index contributed by atoms with van der Waals surface area (Å²) in [5, 5.41) is 8.60. The number of benzene rings is 1. The number of pyridine rings is 1. The van der Waals surface area contributed by atoms with E-state index < -0.39 is 0 Å². The van der Waals surface area contributed by atoms with E-state index in [0.29, 0.717) is 5.82 Å². The lowest BCUT2D eigenvalue weighted by atomic mass is 9.97. The maximum absolute atomic E-state index is 6.04. The second-order valence-corrected chi connectivity index (χ2v) is 7.33. The molecule has 1 aliphatic heterocycles. The van der Waals surface area contributed by atoms with Crippen molar-refractivity contribution in [1.29, 1.82) is 0 Å². The number of imidazole rings is 1. The average Bonchev–Trinajstić information content (AvgIpc) is 3.51. The van der Waals surface area contributed by atoms with Crippen LogP contribution < -0.4 is 5.73 Å². The Morgan fingerprint density at radius 2 is 2.07 bits per heavy atom. The number of nitrogens with two attached hydrogens (primary N) is 1. The van der Waals surface area contributed by atoms with Gasteiger partial charge >= 0.3 is 0 Å². The van der Waals surface area contributed by atoms with Gasteiger partial charge in [-0.25, -0.2) is 4.98 Å². The van der Waals surface area contributed by atoms with Crippen molar-refractivity contribution in [3.05, 3.63) is 60.9 Å². The molecule has 0 aliphatic carbocycles. The number of aromatic nitrogens is 5. The zero-order valence-corrected chi connectivity index (χ0v) is 15.8. The third-order valence-electron chi connectivity index (χ3n) is 5.35. The van der Waals surface area contributed by atoms with Crippen molar-refractivity contribution >= 4 is 33.7 Å². The maximum Gasteiger partial charge on any atom is 0.159 e. The van der Waals surface area contributed by atoms with Crippen LogP contribution in [0.5, 0.6) is 0 Å². The van der Waals surface area contributed by atoms with Gasteiger partial charge in [0, 0.05) is 41.2 Å². The van der Waals surface area contributed by atoms with E-state index in [4.69, 9.17) is 15.1 Å². The lowest BCUT2D eigenvalue weighted by molar-refractivity contribution is 0.568. The normalized spacial score (nSPS) is 16.4. The Morgan fingerprint density at radius 3 is 2.93 bits per heavy atom. The van der Waals surface area contributed by atoms with Gasteiger partial charge in [-0.2, -0.15) is 5.10 Å². The molecule has 30 heavy (non-hydrogen) atoms. The minimum atomic E-state index is -0.0614. The van der Waals surface area contributed by atoms with Crippen molar-refractivity contribution in [3.8, 4) is 22.6 Å². The summed E-state index contributed by atoms with van der Waals surface area (Å²) in [7, 11) is 0. The van der Waals surface area contributed by atoms with E-state index in [1.807, 2.05) is 18.3 Å². The molecular formula is C22H17N7O. The summed E-state index contributed by atoms with van der Waals surface area (Å²) in [6, 6.07) is 8.02. The first-order chi connectivity index (χ1) is 14.8. The first kappa shape index (κ1) is 16.9. The van der Waals surface area contributed by atoms with E-state index >= 15 is 0 Å². The zero-order valence-electron chi connectivity index (χ0n) is 15.8. The molecule has 146 valence electrons. The van der Waals surface area contributed by atoms with Gasteiger partial charge in [-0.15, -0.1) is 0 Å². The Hall–Kier alpha value is -4.04. The van der Waals surface area contributed by atoms with Crippen LogP contribution in [0.15, 0.2) is 64.8 Å². The molecule has 0 saturated carbocycles. The van der Waals surface area contributed by atoms with Gasteiger partial charge in [-0.1, -0.05) is 6.07 Å². The summed E-state index contributed by atoms with van der Waals surface area (Å²) in [6.07, 6.45) is 11.3. The number of nitrogens with zero attached hydrogens (tertiary/aromatic N) is 4. The van der Waals surface area contributed by atoms with Crippen LogP contribution in [0.3, 0.4) is 0 Å². The third-order valence-corrected chi connectivity index (χ3v) is 5.35. The molecule has 0 spiro atoms. The molecule has 1 unspecified atom stereocenters. The molecule has 5 heterocycles. The first-order valence-electron chi connectivity index (χ1n) is 9.59. The highest BCUT2D eigenvalue weighted by Crippen LogP contribution is 2.32. The molecule has 8 heteroatoms. The van der Waals surface area contributed by atoms with Gasteiger partial charge in [-0.3, -0.25) is 15.1 Å². The molecule has 0 radical (unpaired) electrons. The van der Waals surface area contributed by atoms with Crippen LogP contribution in [0.1, 0.15) is 12.0 Å². The number of rotatable bonds is 3. The second-order valence-electron chi connectivity index (χ2n) is 7.33. The van der Waals surface area contributed by atoms with Crippen LogP contribution in [0, 0.1) is 0 Å². The van der Waals surface area contributed by atoms with Crippen molar-refractivity contribution in [3.63, 3.8) is 0 Å². The number of hydrogen-bond donors (Lipinski definition) is 3. The molecule has 6 rings (SSSR count). The predicted octanol–water partition coefficient (Wildman–Crippen LogP) is 3.90. The molecule has 0 amide bonds. The molecule has 0 fully saturated rings. The van der Waals surface area contributed by atoms with Crippen LogP contribution in [0.2, 0.25) is 0 Å². The standard InChI is InChI=1S/C22H17N7O/c23-15-5-14(7-24-8-15)12-1-2-18-16(6-12)21(29-28-18)22-26-19-10-25-9-17(20(19)27-22)13-3-4-30-11-13/h1-4,6-11,15H,5,23H2,(H,26,27)(H,28,29). The fraction of sp³-hybridized carbons (Fsp3) is 0.0909. The minimum absolute atomic E-state index is 0.0614. The largest absolute Gasteiger partial charge is 0.472 e. The lowest BCUT2D eigenvalue weighted by Gasteiger charge is -2.14. The molecule has 1 aliphatic rings. The van der Waals surface area contributed by atoms with Crippen LogP contribution >= 0.6 is 0 Å². The van der Waals surface area contributed by atoms with Crippen LogP contribution in [-0.2, 0) is 0 Å². The Morgan fingerprint density at radius 1 is 1.10 bits per heavy atom. The molecule has 1 atom stereocenters. The highest BCUT2D eigenvalue weighted by atomic mass is 16.3. The lowest BCUT2D eigenvalue weighted by Crippen LogP contribution is -2.23. The van der Waals surface area contributed by atoms with Gasteiger partial charge in [0.25, 0.3) is 0 Å². The Labute approximate surface area is 170 Å². The molecule has 0 saturated heterocycles. The first-order valence-corrected chi connectivity index (χ1v) is 9.59. The number of nitrogens with one attached hydrogen (secondary N) is 2. The van der Waals surface area contributed by atoms with E-state index in [1.165, 1.54) is 0 Å². The van der Waals surface area contributed by atoms with E-state index in [2.05, 4.69) is 37.3 Å². The van der Waals surface area contributed by atoms with E-state index in [1.54, 1.807) is 31.1 Å². The van der Waals surface area contributed by atoms with E-state index in [0.717, 1.165) is 56.3 Å². The van der Waals surface area contributed by atoms with Crippen molar-refractivity contribution in [1.82, 2.24) is 25.1 Å². The van der Waals surface area contributed by atoms with Crippen LogP contribution in [0.4, 0.5) is 0 Å². The van der Waals surface area contributed by atoms with Gasteiger partial charge in [0.2, 0.25) is 0 Å². The topological polar surface area (TPSA) is 122 Å². The van der Waals surface area contributed by atoms with Gasteiger partial charge in [0.05, 0.1) is 29.8 Å². The summed E-state index contributed by atoms with van der Waals surface area (Å²) >= 11 is 0. The number of aliphatic imine (C=N–C) groups is 1. The summed E-state index contributed by atoms with van der Waals surface area (Å²) in [6.45, 7) is 0. The van der Waals surface area contributed by atoms with E-state index in [9.17, 15) is 0 Å². The Kier molecular flexibility index (Phi) is 3.65. The predicted molar refractivity (Wildman–Crippen MR) is 116 cm³/mol. The highest BCUT2D eigenvalue weighted by molar-refractivity contribution is 5.97. The molecule has 5 aromatic rings. The fourth-order valence-electron chi connectivity index (χ4n) is 3.86. The van der Waals surface area contributed by atoms with Gasteiger partial charge < -0.3 is 15.1 Å². The average molecular weight is 395 g/mol. The number of fused-ring (bicyclic) bond motifs is 2. The summed E-state index contributed by atoms with van der Waals surface area (Å²) in [5.74, 6) is 0.679. The van der Waals surface area contributed by atoms with Crippen molar-refractivity contribution in [2.24, 2.45) is 10.7 Å². The number of furan rings is 1. The highest BCUT2D eigenvalue weighted by Gasteiger charge is 2.17. The second kappa shape index (κ2) is 6.50. The Bertz CT molecular complexity index is 1440. The van der Waals surface area contributed by atoms with Crippen molar-refractivity contribution in [2.75, 3.05) is 0 Å². The molecule has 1 aromatic carbocycles. The zero-order chi connectivity index (χ0) is 20.1. The smallest absolute Gasteiger partial charge is 0.159 e. The monoisotopic (exact) mass is 395 g/mol. The minimum Gasteiger partial charge on any atom is -0.472 e. The quantitative estimate of drug-likeness (QED) is 0.428. The van der Waals surface area contributed by atoms with Crippen LogP contribution in [-0.4, -0.2) is 37.4 Å². The van der Waals surface area contributed by atoms with Crippen molar-refractivity contribution < 1.29 is 4.42 Å². The van der Waals surface area contributed by atoms with Gasteiger partial charge in [-0.05, 0) is 35.8 Å². The summed E-state index contributed by atoms with van der Waals surface area (Å²) in [4.78, 5) is 16.8. The SMILES string of the molecule is NC1C=NC=C(c2ccc3[nH]nc(-c4nc5c(-c6ccoc6)cncc5[nH]4)c3c2)C1. The molecule has 8 nitrogen and oxygen atoms in total. The molecule has 4 N–H and O–H groups in total. The number of aromatic amines is 2. The van der Waals surface area contributed by atoms with Crippen molar-refractivity contribution in [2.45, 2.75) is 12.5 Å². The maximum atomic E-state index is 6.04. The van der Waals surface area contributed by atoms with Crippen LogP contribution in [0.25, 0.3) is 50.2 Å². The third kappa shape index (κ3) is 2.66. The van der Waals surface area contributed by atoms with E-state index in [-0.39, 0.29) is 6.04 Å². The molecule has 4 aromatic heterocycles. The number of hydrogen-bond acceptors (Lipinski definition) is 6. The van der Waals surface area contributed by atoms with Gasteiger partial charge in [0.15, 0.2) is 5.82 Å². The molecular weight excluding hydrogens is 378 g/mol. The number of H-pyrrole nitrogens is 2. The van der Waals surface area contributed by atoms with Gasteiger partial charge in [0.1, 0.15) is 11.2 Å². The summed E-state index contributed by atoms with van der Waals surface area (Å²) < 4.78 is 5.23. The Balaban J connectivity index is 1.49.